The highest BCUT2D eigenvalue weighted by atomic mass is 16.5. The van der Waals surface area contributed by atoms with E-state index in [9.17, 15) is 0 Å². The number of pyridine rings is 1. The molecule has 1 aliphatic rings. The van der Waals surface area contributed by atoms with Crippen molar-refractivity contribution in [1.29, 1.82) is 0 Å². The van der Waals surface area contributed by atoms with Gasteiger partial charge in [-0.25, -0.2) is 9.97 Å². The van der Waals surface area contributed by atoms with Gasteiger partial charge in [-0.05, 0) is 19.1 Å². The van der Waals surface area contributed by atoms with E-state index in [0.717, 1.165) is 57.3 Å². The normalized spacial score (nSPS) is 16.5. The van der Waals surface area contributed by atoms with Crippen LogP contribution in [-0.4, -0.2) is 65.8 Å². The Hall–Kier alpha value is -1.79. The lowest BCUT2D eigenvalue weighted by Crippen LogP contribution is -2.47. The first-order chi connectivity index (χ1) is 10.4. The lowest BCUT2D eigenvalue weighted by molar-refractivity contribution is 0.111. The average molecular weight is 287 g/mol. The van der Waals surface area contributed by atoms with Crippen LogP contribution in [0.15, 0.2) is 24.5 Å². The van der Waals surface area contributed by atoms with E-state index in [1.165, 1.54) is 0 Å². The summed E-state index contributed by atoms with van der Waals surface area (Å²) in [6, 6.07) is 4.03. The third kappa shape index (κ3) is 3.46. The Kier molecular flexibility index (Phi) is 4.57. The molecule has 0 aromatic carbocycles. The predicted molar refractivity (Wildman–Crippen MR) is 82.5 cm³/mol. The first kappa shape index (κ1) is 14.2. The molecule has 1 aliphatic heterocycles. The minimum Gasteiger partial charge on any atom is -0.380 e. The van der Waals surface area contributed by atoms with E-state index < -0.39 is 0 Å². The molecule has 3 rings (SSSR count). The molecule has 0 atom stereocenters. The zero-order chi connectivity index (χ0) is 14.5. The van der Waals surface area contributed by atoms with Crippen LogP contribution in [0.1, 0.15) is 6.92 Å². The van der Waals surface area contributed by atoms with Gasteiger partial charge >= 0.3 is 0 Å². The van der Waals surface area contributed by atoms with E-state index in [0.29, 0.717) is 5.65 Å². The number of aromatic nitrogens is 3. The molecule has 2 aromatic rings. The maximum Gasteiger partial charge on any atom is 0.180 e. The number of piperazine rings is 1. The van der Waals surface area contributed by atoms with E-state index in [-0.39, 0.29) is 0 Å². The summed E-state index contributed by atoms with van der Waals surface area (Å²) < 4.78 is 5.41. The Labute approximate surface area is 124 Å². The van der Waals surface area contributed by atoms with Gasteiger partial charge in [0.2, 0.25) is 0 Å². The summed E-state index contributed by atoms with van der Waals surface area (Å²) in [6.07, 6.45) is 3.38. The van der Waals surface area contributed by atoms with Gasteiger partial charge < -0.3 is 9.64 Å². The molecule has 3 heterocycles. The molecule has 0 bridgehead atoms. The molecule has 0 unspecified atom stereocenters. The van der Waals surface area contributed by atoms with Crippen molar-refractivity contribution >= 4 is 17.0 Å². The summed E-state index contributed by atoms with van der Waals surface area (Å²) in [5.41, 5.74) is 1.56. The van der Waals surface area contributed by atoms with Crippen molar-refractivity contribution in [3.05, 3.63) is 24.5 Å². The van der Waals surface area contributed by atoms with Crippen molar-refractivity contribution in [2.24, 2.45) is 0 Å². The standard InChI is InChI=1S/C15H21N5O/c1-2-21-12-11-19-7-9-20(10-8-19)14-4-3-13-15(18-14)17-6-5-16-13/h3-6H,2,7-12H2,1H3. The highest BCUT2D eigenvalue weighted by Gasteiger charge is 2.18. The van der Waals surface area contributed by atoms with Crippen molar-refractivity contribution < 1.29 is 4.74 Å². The van der Waals surface area contributed by atoms with Gasteiger partial charge in [-0.15, -0.1) is 0 Å². The van der Waals surface area contributed by atoms with Crippen LogP contribution in [0.2, 0.25) is 0 Å². The van der Waals surface area contributed by atoms with Gasteiger partial charge in [-0.3, -0.25) is 9.88 Å². The average Bonchev–Trinajstić information content (AvgIpc) is 2.55. The van der Waals surface area contributed by atoms with Gasteiger partial charge in [0, 0.05) is 51.7 Å². The lowest BCUT2D eigenvalue weighted by Gasteiger charge is -2.35. The summed E-state index contributed by atoms with van der Waals surface area (Å²) in [4.78, 5) is 17.9. The zero-order valence-electron chi connectivity index (χ0n) is 12.4. The number of hydrogen-bond acceptors (Lipinski definition) is 6. The number of anilines is 1. The molecular weight excluding hydrogens is 266 g/mol. The fourth-order valence-electron chi connectivity index (χ4n) is 2.56. The van der Waals surface area contributed by atoms with Crippen molar-refractivity contribution in [3.63, 3.8) is 0 Å². The van der Waals surface area contributed by atoms with Gasteiger partial charge in [-0.2, -0.15) is 0 Å². The highest BCUT2D eigenvalue weighted by Crippen LogP contribution is 2.16. The number of nitrogens with zero attached hydrogens (tertiary/aromatic N) is 5. The first-order valence-corrected chi connectivity index (χ1v) is 7.49. The largest absolute Gasteiger partial charge is 0.380 e. The molecule has 112 valence electrons. The Bertz CT molecular complexity index is 583. The van der Waals surface area contributed by atoms with Crippen LogP contribution in [0.3, 0.4) is 0 Å². The first-order valence-electron chi connectivity index (χ1n) is 7.49. The van der Waals surface area contributed by atoms with Crippen LogP contribution >= 0.6 is 0 Å². The van der Waals surface area contributed by atoms with E-state index >= 15 is 0 Å². The summed E-state index contributed by atoms with van der Waals surface area (Å²) >= 11 is 0. The van der Waals surface area contributed by atoms with E-state index in [2.05, 4.69) is 24.8 Å². The van der Waals surface area contributed by atoms with E-state index in [4.69, 9.17) is 4.74 Å². The molecule has 6 heteroatoms. The van der Waals surface area contributed by atoms with Crippen molar-refractivity contribution in [1.82, 2.24) is 19.9 Å². The van der Waals surface area contributed by atoms with Crippen LogP contribution in [-0.2, 0) is 4.74 Å². The minimum absolute atomic E-state index is 0.716. The molecule has 1 fully saturated rings. The smallest absolute Gasteiger partial charge is 0.180 e. The van der Waals surface area contributed by atoms with Gasteiger partial charge in [0.1, 0.15) is 11.3 Å². The van der Waals surface area contributed by atoms with Crippen molar-refractivity contribution in [3.8, 4) is 0 Å². The van der Waals surface area contributed by atoms with E-state index in [1.807, 2.05) is 19.1 Å². The zero-order valence-corrected chi connectivity index (χ0v) is 12.4. The fraction of sp³-hybridized carbons (Fsp3) is 0.533. The second-order valence-corrected chi connectivity index (χ2v) is 5.09. The summed E-state index contributed by atoms with van der Waals surface area (Å²) in [7, 11) is 0. The minimum atomic E-state index is 0.716. The van der Waals surface area contributed by atoms with Crippen LogP contribution < -0.4 is 4.90 Å². The Balaban J connectivity index is 1.60. The predicted octanol–water partition coefficient (Wildman–Crippen LogP) is 1.18. The van der Waals surface area contributed by atoms with Crippen LogP contribution in [0.5, 0.6) is 0 Å². The topological polar surface area (TPSA) is 54.4 Å². The van der Waals surface area contributed by atoms with E-state index in [1.54, 1.807) is 12.4 Å². The van der Waals surface area contributed by atoms with Gasteiger partial charge in [0.25, 0.3) is 0 Å². The maximum atomic E-state index is 5.41. The molecule has 0 aliphatic carbocycles. The van der Waals surface area contributed by atoms with Crippen LogP contribution in [0, 0.1) is 0 Å². The van der Waals surface area contributed by atoms with Crippen molar-refractivity contribution in [2.75, 3.05) is 50.8 Å². The third-order valence-corrected chi connectivity index (χ3v) is 3.77. The maximum absolute atomic E-state index is 5.41. The summed E-state index contributed by atoms with van der Waals surface area (Å²) in [5, 5.41) is 0. The quantitative estimate of drug-likeness (QED) is 0.770. The van der Waals surface area contributed by atoms with Gasteiger partial charge in [0.15, 0.2) is 5.65 Å². The summed E-state index contributed by atoms with van der Waals surface area (Å²) in [5.74, 6) is 0.993. The Morgan fingerprint density at radius 3 is 2.71 bits per heavy atom. The molecule has 2 aromatic heterocycles. The van der Waals surface area contributed by atoms with Gasteiger partial charge in [0.05, 0.1) is 6.61 Å². The SMILES string of the molecule is CCOCCN1CCN(c2ccc3nccnc3n2)CC1. The lowest BCUT2D eigenvalue weighted by atomic mass is 10.3. The molecule has 0 amide bonds. The Morgan fingerprint density at radius 2 is 1.90 bits per heavy atom. The monoisotopic (exact) mass is 287 g/mol. The molecule has 0 radical (unpaired) electrons. The second kappa shape index (κ2) is 6.78. The molecule has 21 heavy (non-hydrogen) atoms. The molecule has 0 saturated carbocycles. The second-order valence-electron chi connectivity index (χ2n) is 5.09. The molecule has 1 saturated heterocycles. The van der Waals surface area contributed by atoms with Gasteiger partial charge in [-0.1, -0.05) is 0 Å². The van der Waals surface area contributed by atoms with Crippen LogP contribution in [0.25, 0.3) is 11.2 Å². The van der Waals surface area contributed by atoms with Crippen LogP contribution in [0.4, 0.5) is 5.82 Å². The molecule has 0 spiro atoms. The number of rotatable bonds is 5. The highest BCUT2D eigenvalue weighted by molar-refractivity contribution is 5.71. The number of hydrogen-bond donors (Lipinski definition) is 0. The summed E-state index contributed by atoms with van der Waals surface area (Å²) in [6.45, 7) is 8.74. The Morgan fingerprint density at radius 1 is 1.10 bits per heavy atom. The molecule has 6 nitrogen and oxygen atoms in total. The molecule has 0 N–H and O–H groups in total. The van der Waals surface area contributed by atoms with Crippen molar-refractivity contribution in [2.45, 2.75) is 6.92 Å². The fourth-order valence-corrected chi connectivity index (χ4v) is 2.56. The molecular formula is C15H21N5O. The number of ether oxygens (including phenoxy) is 1. The number of fused-ring (bicyclic) bond motifs is 1. The third-order valence-electron chi connectivity index (χ3n) is 3.77.